The fourth-order valence-electron chi connectivity index (χ4n) is 1.53. The van der Waals surface area contributed by atoms with Gasteiger partial charge in [0, 0.05) is 26.1 Å². The maximum absolute atomic E-state index is 11.5. The number of methoxy groups -OCH3 is 1. The molecule has 0 bridgehead atoms. The molecule has 0 fully saturated rings. The number of rotatable bonds is 5. The van der Waals surface area contributed by atoms with Crippen molar-refractivity contribution in [1.82, 2.24) is 4.90 Å². The molecule has 94 valence electrons. The molecule has 1 aromatic carbocycles. The van der Waals surface area contributed by atoms with E-state index in [0.29, 0.717) is 13.1 Å². The Morgan fingerprint density at radius 2 is 2.33 bits per heavy atom. The van der Waals surface area contributed by atoms with Crippen molar-refractivity contribution in [2.24, 2.45) is 0 Å². The number of carbonyl (C=O) groups excluding carboxylic acids is 1. The van der Waals surface area contributed by atoms with E-state index in [-0.39, 0.29) is 5.91 Å². The Morgan fingerprint density at radius 3 is 2.94 bits per heavy atom. The Morgan fingerprint density at radius 1 is 1.56 bits per heavy atom. The molecule has 4 nitrogen and oxygen atoms in total. The molecule has 0 unspecified atom stereocenters. The summed E-state index contributed by atoms with van der Waals surface area (Å²) < 4.78 is 5.13. The number of ether oxygens (including phenoxy) is 1. The fourth-order valence-corrected chi connectivity index (χ4v) is 1.53. The van der Waals surface area contributed by atoms with Crippen LogP contribution in [0.15, 0.2) is 36.4 Å². The zero-order valence-electron chi connectivity index (χ0n) is 10.6. The lowest BCUT2D eigenvalue weighted by Crippen LogP contribution is -2.28. The standard InChI is InChI=1S/C14H16N2O2/c1-12(17)16(9-4-3-8-15)11-13-6-5-7-14(10-13)18-2/h3-7,10H,9,11H2,1-2H3/b4-3+. The Bertz CT molecular complexity index is 475. The second-order valence-corrected chi connectivity index (χ2v) is 3.78. The van der Waals surface area contributed by atoms with Crippen LogP contribution in [0.3, 0.4) is 0 Å². The third-order valence-electron chi connectivity index (χ3n) is 2.47. The van der Waals surface area contributed by atoms with Gasteiger partial charge in [-0.15, -0.1) is 0 Å². The van der Waals surface area contributed by atoms with Crippen molar-refractivity contribution in [3.63, 3.8) is 0 Å². The molecular formula is C14H16N2O2. The average Bonchev–Trinajstić information content (AvgIpc) is 2.38. The van der Waals surface area contributed by atoms with Crippen LogP contribution in [0.5, 0.6) is 5.75 Å². The molecule has 1 rings (SSSR count). The van der Waals surface area contributed by atoms with Crippen LogP contribution >= 0.6 is 0 Å². The quantitative estimate of drug-likeness (QED) is 0.745. The van der Waals surface area contributed by atoms with Gasteiger partial charge in [0.15, 0.2) is 0 Å². The molecule has 0 aromatic heterocycles. The molecule has 0 aliphatic rings. The SMILES string of the molecule is COc1cccc(CN(C/C=C/C#N)C(C)=O)c1. The average molecular weight is 244 g/mol. The van der Waals surface area contributed by atoms with Crippen molar-refractivity contribution < 1.29 is 9.53 Å². The van der Waals surface area contributed by atoms with Crippen molar-refractivity contribution in [2.45, 2.75) is 13.5 Å². The zero-order valence-corrected chi connectivity index (χ0v) is 10.6. The molecule has 0 aliphatic heterocycles. The van der Waals surface area contributed by atoms with Crippen molar-refractivity contribution in [1.29, 1.82) is 5.26 Å². The highest BCUT2D eigenvalue weighted by Gasteiger charge is 2.08. The summed E-state index contributed by atoms with van der Waals surface area (Å²) in [6.07, 6.45) is 3.04. The molecule has 1 aromatic rings. The van der Waals surface area contributed by atoms with Crippen molar-refractivity contribution in [3.8, 4) is 11.8 Å². The summed E-state index contributed by atoms with van der Waals surface area (Å²) in [4.78, 5) is 13.1. The maximum Gasteiger partial charge on any atom is 0.220 e. The van der Waals surface area contributed by atoms with Gasteiger partial charge in [0.05, 0.1) is 13.2 Å². The van der Waals surface area contributed by atoms with Gasteiger partial charge in [-0.1, -0.05) is 18.2 Å². The van der Waals surface area contributed by atoms with Crippen LogP contribution in [0.1, 0.15) is 12.5 Å². The van der Waals surface area contributed by atoms with E-state index < -0.39 is 0 Å². The lowest BCUT2D eigenvalue weighted by Gasteiger charge is -2.19. The molecule has 0 aliphatic carbocycles. The molecule has 18 heavy (non-hydrogen) atoms. The third kappa shape index (κ3) is 4.30. The summed E-state index contributed by atoms with van der Waals surface area (Å²) in [6, 6.07) is 9.48. The minimum Gasteiger partial charge on any atom is -0.497 e. The van der Waals surface area contributed by atoms with Gasteiger partial charge < -0.3 is 9.64 Å². The molecule has 0 spiro atoms. The summed E-state index contributed by atoms with van der Waals surface area (Å²) >= 11 is 0. The van der Waals surface area contributed by atoms with Crippen molar-refractivity contribution >= 4 is 5.91 Å². The Labute approximate surface area is 107 Å². The first kappa shape index (κ1) is 13.8. The number of hydrogen-bond acceptors (Lipinski definition) is 3. The minimum absolute atomic E-state index is 0.0274. The van der Waals surface area contributed by atoms with Crippen LogP contribution in [0.2, 0.25) is 0 Å². The van der Waals surface area contributed by atoms with Gasteiger partial charge in [-0.3, -0.25) is 4.79 Å². The first-order valence-corrected chi connectivity index (χ1v) is 5.60. The highest BCUT2D eigenvalue weighted by atomic mass is 16.5. The lowest BCUT2D eigenvalue weighted by molar-refractivity contribution is -0.128. The highest BCUT2D eigenvalue weighted by molar-refractivity contribution is 5.73. The maximum atomic E-state index is 11.5. The zero-order chi connectivity index (χ0) is 13.4. The van der Waals surface area contributed by atoms with E-state index in [4.69, 9.17) is 10.00 Å². The van der Waals surface area contributed by atoms with Gasteiger partial charge in [0.25, 0.3) is 0 Å². The van der Waals surface area contributed by atoms with Gasteiger partial charge in [-0.2, -0.15) is 5.26 Å². The van der Waals surface area contributed by atoms with Crippen molar-refractivity contribution in [3.05, 3.63) is 42.0 Å². The number of benzene rings is 1. The molecule has 0 N–H and O–H groups in total. The van der Waals surface area contributed by atoms with Crippen LogP contribution in [0.25, 0.3) is 0 Å². The Kier molecular flexibility index (Phi) is 5.46. The van der Waals surface area contributed by atoms with Crippen LogP contribution in [0.4, 0.5) is 0 Å². The number of carbonyl (C=O) groups is 1. The van der Waals surface area contributed by atoms with E-state index in [1.165, 1.54) is 13.0 Å². The van der Waals surface area contributed by atoms with E-state index in [1.807, 2.05) is 30.3 Å². The molecule has 0 saturated heterocycles. The van der Waals surface area contributed by atoms with Gasteiger partial charge in [0.2, 0.25) is 5.91 Å². The predicted molar refractivity (Wildman–Crippen MR) is 68.8 cm³/mol. The third-order valence-corrected chi connectivity index (χ3v) is 2.47. The topological polar surface area (TPSA) is 53.3 Å². The van der Waals surface area contributed by atoms with Gasteiger partial charge in [-0.25, -0.2) is 0 Å². The summed E-state index contributed by atoms with van der Waals surface area (Å²) in [5, 5.41) is 8.42. The minimum atomic E-state index is -0.0274. The van der Waals surface area contributed by atoms with Crippen LogP contribution in [-0.4, -0.2) is 24.5 Å². The summed E-state index contributed by atoms with van der Waals surface area (Å²) in [5.41, 5.74) is 0.995. The molecule has 4 heteroatoms. The van der Waals surface area contributed by atoms with Crippen LogP contribution < -0.4 is 4.74 Å². The molecule has 0 saturated carbocycles. The predicted octanol–water partition coefficient (Wildman–Crippen LogP) is 2.12. The number of hydrogen-bond donors (Lipinski definition) is 0. The van der Waals surface area contributed by atoms with Gasteiger partial charge in [0.1, 0.15) is 5.75 Å². The lowest BCUT2D eigenvalue weighted by atomic mass is 10.2. The van der Waals surface area contributed by atoms with E-state index in [1.54, 1.807) is 18.1 Å². The first-order valence-electron chi connectivity index (χ1n) is 5.60. The van der Waals surface area contributed by atoms with E-state index in [2.05, 4.69) is 0 Å². The van der Waals surface area contributed by atoms with Gasteiger partial charge in [-0.05, 0) is 17.7 Å². The molecule has 0 atom stereocenters. The second kappa shape index (κ2) is 7.13. The first-order chi connectivity index (χ1) is 8.67. The van der Waals surface area contributed by atoms with Crippen molar-refractivity contribution in [2.75, 3.05) is 13.7 Å². The summed E-state index contributed by atoms with van der Waals surface area (Å²) in [7, 11) is 1.61. The van der Waals surface area contributed by atoms with E-state index >= 15 is 0 Å². The van der Waals surface area contributed by atoms with E-state index in [0.717, 1.165) is 11.3 Å². The smallest absolute Gasteiger partial charge is 0.220 e. The van der Waals surface area contributed by atoms with Gasteiger partial charge >= 0.3 is 0 Å². The number of allylic oxidation sites excluding steroid dienone is 1. The number of nitriles is 1. The molecular weight excluding hydrogens is 228 g/mol. The Balaban J connectivity index is 2.73. The monoisotopic (exact) mass is 244 g/mol. The normalized spacial score (nSPS) is 10.1. The Hall–Kier alpha value is -2.28. The largest absolute Gasteiger partial charge is 0.497 e. The molecule has 1 amide bonds. The fraction of sp³-hybridized carbons (Fsp3) is 0.286. The number of amides is 1. The summed E-state index contributed by atoms with van der Waals surface area (Å²) in [5.74, 6) is 0.740. The van der Waals surface area contributed by atoms with E-state index in [9.17, 15) is 4.79 Å². The molecule has 0 heterocycles. The number of nitrogens with zero attached hydrogens (tertiary/aromatic N) is 2. The van der Waals surface area contributed by atoms with Crippen LogP contribution in [0, 0.1) is 11.3 Å². The molecule has 0 radical (unpaired) electrons. The second-order valence-electron chi connectivity index (χ2n) is 3.78. The van der Waals surface area contributed by atoms with Crippen LogP contribution in [-0.2, 0) is 11.3 Å². The highest BCUT2D eigenvalue weighted by Crippen LogP contribution is 2.14. The summed E-state index contributed by atoms with van der Waals surface area (Å²) in [6.45, 7) is 2.45.